The number of aromatic nitrogens is 2. The summed E-state index contributed by atoms with van der Waals surface area (Å²) in [5.74, 6) is 0.565. The summed E-state index contributed by atoms with van der Waals surface area (Å²) in [4.78, 5) is 3.70. The SMILES string of the molecule is O=S(=O)(NCCc1ncon1)c1cc(CO)oc1Br. The van der Waals surface area contributed by atoms with Gasteiger partial charge >= 0.3 is 0 Å². The molecular formula is C9H10BrN3O5S. The van der Waals surface area contributed by atoms with Crippen LogP contribution < -0.4 is 4.72 Å². The Bertz CT molecular complexity index is 637. The Hall–Kier alpha value is -1.23. The van der Waals surface area contributed by atoms with Crippen LogP contribution in [0.3, 0.4) is 0 Å². The Kier molecular flexibility index (Phi) is 4.34. The van der Waals surface area contributed by atoms with Crippen LogP contribution in [-0.2, 0) is 23.1 Å². The van der Waals surface area contributed by atoms with Crippen molar-refractivity contribution < 1.29 is 22.5 Å². The van der Waals surface area contributed by atoms with Crippen molar-refractivity contribution in [2.45, 2.75) is 17.9 Å². The zero-order valence-electron chi connectivity index (χ0n) is 9.54. The molecule has 0 amide bonds. The molecule has 0 aliphatic heterocycles. The van der Waals surface area contributed by atoms with Crippen molar-refractivity contribution in [3.05, 3.63) is 28.7 Å². The van der Waals surface area contributed by atoms with E-state index in [-0.39, 0.29) is 28.5 Å². The number of hydrogen-bond donors (Lipinski definition) is 2. The van der Waals surface area contributed by atoms with Gasteiger partial charge in [0.25, 0.3) is 0 Å². The van der Waals surface area contributed by atoms with Gasteiger partial charge in [0.1, 0.15) is 17.3 Å². The Morgan fingerprint density at radius 1 is 1.47 bits per heavy atom. The monoisotopic (exact) mass is 351 g/mol. The lowest BCUT2D eigenvalue weighted by Gasteiger charge is -2.02. The van der Waals surface area contributed by atoms with Gasteiger partial charge in [-0.15, -0.1) is 0 Å². The minimum atomic E-state index is -3.72. The summed E-state index contributed by atoms with van der Waals surface area (Å²) in [6.07, 6.45) is 1.47. The molecule has 0 aromatic carbocycles. The molecule has 0 spiro atoms. The molecule has 0 aliphatic carbocycles. The topological polar surface area (TPSA) is 118 Å². The molecule has 0 fully saturated rings. The third-order valence-electron chi connectivity index (χ3n) is 2.20. The molecule has 8 nitrogen and oxygen atoms in total. The van der Waals surface area contributed by atoms with E-state index in [1.54, 1.807) is 0 Å². The van der Waals surface area contributed by atoms with Gasteiger partial charge in [-0.25, -0.2) is 13.1 Å². The summed E-state index contributed by atoms with van der Waals surface area (Å²) in [6.45, 7) is -0.259. The van der Waals surface area contributed by atoms with Crippen LogP contribution in [0.1, 0.15) is 11.6 Å². The van der Waals surface area contributed by atoms with Crippen molar-refractivity contribution >= 4 is 26.0 Å². The zero-order valence-corrected chi connectivity index (χ0v) is 11.9. The highest BCUT2D eigenvalue weighted by atomic mass is 79.9. The first-order valence-electron chi connectivity index (χ1n) is 5.17. The van der Waals surface area contributed by atoms with Crippen molar-refractivity contribution in [2.24, 2.45) is 0 Å². The molecule has 0 bridgehead atoms. The number of halogens is 1. The molecule has 0 radical (unpaired) electrons. The maximum Gasteiger partial charge on any atom is 0.244 e. The lowest BCUT2D eigenvalue weighted by Crippen LogP contribution is -2.26. The van der Waals surface area contributed by atoms with Crippen LogP contribution in [-0.4, -0.2) is 30.2 Å². The number of nitrogens with zero attached hydrogens (tertiary/aromatic N) is 2. The molecule has 0 aliphatic rings. The second-order valence-electron chi connectivity index (χ2n) is 3.50. The van der Waals surface area contributed by atoms with Crippen molar-refractivity contribution in [1.82, 2.24) is 14.9 Å². The van der Waals surface area contributed by atoms with E-state index < -0.39 is 10.0 Å². The molecule has 19 heavy (non-hydrogen) atoms. The quantitative estimate of drug-likeness (QED) is 0.774. The van der Waals surface area contributed by atoms with Gasteiger partial charge in [0.15, 0.2) is 10.5 Å². The van der Waals surface area contributed by atoms with E-state index in [9.17, 15) is 8.42 Å². The number of nitrogens with one attached hydrogen (secondary N) is 1. The first-order chi connectivity index (χ1) is 9.03. The summed E-state index contributed by atoms with van der Waals surface area (Å²) in [5.41, 5.74) is 0. The van der Waals surface area contributed by atoms with Crippen molar-refractivity contribution in [3.8, 4) is 0 Å². The molecule has 2 heterocycles. The van der Waals surface area contributed by atoms with Crippen molar-refractivity contribution in [1.29, 1.82) is 0 Å². The number of aliphatic hydroxyl groups is 1. The summed E-state index contributed by atoms with van der Waals surface area (Å²) in [6, 6.07) is 1.25. The van der Waals surface area contributed by atoms with Gasteiger partial charge in [-0.1, -0.05) is 5.16 Å². The smallest absolute Gasteiger partial charge is 0.244 e. The second kappa shape index (κ2) is 5.82. The van der Waals surface area contributed by atoms with Gasteiger partial charge in [-0.05, 0) is 15.9 Å². The Balaban J connectivity index is 2.03. The summed E-state index contributed by atoms with van der Waals surface area (Å²) >= 11 is 2.99. The van der Waals surface area contributed by atoms with Crippen LogP contribution in [0.4, 0.5) is 0 Å². The van der Waals surface area contributed by atoms with Gasteiger partial charge < -0.3 is 14.0 Å². The number of aliphatic hydroxyl groups excluding tert-OH is 1. The van der Waals surface area contributed by atoms with Gasteiger partial charge in [0.2, 0.25) is 16.4 Å². The van der Waals surface area contributed by atoms with Crippen LogP contribution in [0, 0.1) is 0 Å². The lowest BCUT2D eigenvalue weighted by atomic mass is 10.4. The fourth-order valence-corrected chi connectivity index (χ4v) is 3.36. The Morgan fingerprint density at radius 2 is 2.26 bits per heavy atom. The molecule has 0 atom stereocenters. The van der Waals surface area contributed by atoms with E-state index >= 15 is 0 Å². The first-order valence-corrected chi connectivity index (χ1v) is 7.44. The average Bonchev–Trinajstić information content (AvgIpc) is 2.98. The molecule has 2 N–H and O–H groups in total. The summed E-state index contributed by atoms with van der Waals surface area (Å²) in [5, 5.41) is 12.4. The van der Waals surface area contributed by atoms with E-state index in [4.69, 9.17) is 9.52 Å². The third kappa shape index (κ3) is 3.41. The maximum atomic E-state index is 12.0. The van der Waals surface area contributed by atoms with Gasteiger partial charge in [-0.3, -0.25) is 0 Å². The molecule has 0 unspecified atom stereocenters. The van der Waals surface area contributed by atoms with Crippen LogP contribution in [0.15, 0.2) is 31.0 Å². The van der Waals surface area contributed by atoms with Crippen molar-refractivity contribution in [3.63, 3.8) is 0 Å². The Morgan fingerprint density at radius 3 is 2.84 bits per heavy atom. The van der Waals surface area contributed by atoms with E-state index in [1.807, 2.05) is 0 Å². The van der Waals surface area contributed by atoms with E-state index in [0.717, 1.165) is 0 Å². The van der Waals surface area contributed by atoms with Crippen LogP contribution >= 0.6 is 15.9 Å². The van der Waals surface area contributed by atoms with Crippen molar-refractivity contribution in [2.75, 3.05) is 6.54 Å². The van der Waals surface area contributed by atoms with E-state index in [0.29, 0.717) is 12.2 Å². The third-order valence-corrected chi connectivity index (χ3v) is 4.52. The second-order valence-corrected chi connectivity index (χ2v) is 5.96. The molecule has 104 valence electrons. The fourth-order valence-electron chi connectivity index (χ4n) is 1.34. The highest BCUT2D eigenvalue weighted by Gasteiger charge is 2.22. The van der Waals surface area contributed by atoms with Gasteiger partial charge in [0.05, 0.1) is 0 Å². The number of rotatable bonds is 6. The average molecular weight is 352 g/mol. The number of hydrogen-bond acceptors (Lipinski definition) is 7. The minimum absolute atomic E-state index is 0.0450. The largest absolute Gasteiger partial charge is 0.450 e. The molecule has 2 rings (SSSR count). The standard InChI is InChI=1S/C9H10BrN3O5S/c10-9-7(3-6(4-14)18-9)19(15,16)12-2-1-8-11-5-17-13-8/h3,5,12,14H,1-2,4H2. The van der Waals surface area contributed by atoms with Crippen LogP contribution in [0.5, 0.6) is 0 Å². The zero-order chi connectivity index (χ0) is 13.9. The van der Waals surface area contributed by atoms with E-state index in [1.165, 1.54) is 12.5 Å². The molecule has 0 saturated carbocycles. The minimum Gasteiger partial charge on any atom is -0.450 e. The molecule has 0 saturated heterocycles. The van der Waals surface area contributed by atoms with Gasteiger partial charge in [-0.2, -0.15) is 4.98 Å². The lowest BCUT2D eigenvalue weighted by molar-refractivity contribution is 0.245. The first kappa shape index (κ1) is 14.2. The van der Waals surface area contributed by atoms with Crippen LogP contribution in [0.2, 0.25) is 0 Å². The normalized spacial score (nSPS) is 11.9. The Labute approximate surface area is 117 Å². The number of furan rings is 1. The predicted octanol–water partition coefficient (Wildman–Crippen LogP) is 0.438. The summed E-state index contributed by atoms with van der Waals surface area (Å²) in [7, 11) is -3.72. The maximum absolute atomic E-state index is 12.0. The molecule has 10 heteroatoms. The fraction of sp³-hybridized carbons (Fsp3) is 0.333. The molecule has 2 aromatic heterocycles. The highest BCUT2D eigenvalue weighted by Crippen LogP contribution is 2.25. The van der Waals surface area contributed by atoms with Crippen LogP contribution in [0.25, 0.3) is 0 Å². The van der Waals surface area contributed by atoms with Gasteiger partial charge in [0, 0.05) is 19.0 Å². The molecule has 2 aromatic rings. The van der Waals surface area contributed by atoms with E-state index in [2.05, 4.69) is 35.3 Å². The highest BCUT2D eigenvalue weighted by molar-refractivity contribution is 9.10. The molecular weight excluding hydrogens is 342 g/mol. The number of sulfonamides is 1. The predicted molar refractivity (Wildman–Crippen MR) is 65.5 cm³/mol. The summed E-state index contributed by atoms with van der Waals surface area (Å²) < 4.78 is 35.9.